The van der Waals surface area contributed by atoms with Gasteiger partial charge in [-0.25, -0.2) is 13.2 Å². The number of halogens is 3. The van der Waals surface area contributed by atoms with Crippen LogP contribution in [0.5, 0.6) is 0 Å². The lowest BCUT2D eigenvalue weighted by Gasteiger charge is -2.27. The summed E-state index contributed by atoms with van der Waals surface area (Å²) in [7, 11) is -4.46. The van der Waals surface area contributed by atoms with Crippen LogP contribution in [-0.4, -0.2) is 50.1 Å². The number of aromatic carboxylic acids is 1. The predicted molar refractivity (Wildman–Crippen MR) is 68.0 cm³/mol. The number of carboxylic acid groups (broad SMARTS) is 1. The molecule has 1 saturated heterocycles. The minimum absolute atomic E-state index is 0.0687. The van der Waals surface area contributed by atoms with E-state index in [-0.39, 0.29) is 26.3 Å². The zero-order valence-corrected chi connectivity index (χ0v) is 11.9. The summed E-state index contributed by atoms with van der Waals surface area (Å²) in [6.07, 6.45) is -4.91. The monoisotopic (exact) mass is 339 g/mol. The SMILES string of the molecule is O=C(O)c1ccc(C(F)(F)F)c(S(=O)(=O)N2CCOCC2)c1. The van der Waals surface area contributed by atoms with Gasteiger partial charge in [-0.05, 0) is 18.2 Å². The zero-order valence-electron chi connectivity index (χ0n) is 11.1. The second kappa shape index (κ2) is 5.86. The number of benzene rings is 1. The lowest BCUT2D eigenvalue weighted by atomic mass is 10.1. The third-order valence-corrected chi connectivity index (χ3v) is 5.06. The summed E-state index contributed by atoms with van der Waals surface area (Å²) in [5.41, 5.74) is -1.91. The van der Waals surface area contributed by atoms with Gasteiger partial charge in [0.05, 0.1) is 29.2 Å². The Morgan fingerprint density at radius 3 is 2.32 bits per heavy atom. The summed E-state index contributed by atoms with van der Waals surface area (Å²) in [5.74, 6) is -1.51. The van der Waals surface area contributed by atoms with E-state index < -0.39 is 38.2 Å². The number of ether oxygens (including phenoxy) is 1. The van der Waals surface area contributed by atoms with Gasteiger partial charge in [0.15, 0.2) is 0 Å². The fraction of sp³-hybridized carbons (Fsp3) is 0.417. The van der Waals surface area contributed by atoms with Gasteiger partial charge < -0.3 is 9.84 Å². The van der Waals surface area contributed by atoms with Crippen LogP contribution in [0.1, 0.15) is 15.9 Å². The molecule has 0 bridgehead atoms. The lowest BCUT2D eigenvalue weighted by Crippen LogP contribution is -2.41. The smallest absolute Gasteiger partial charge is 0.417 e. The first-order valence-corrected chi connectivity index (χ1v) is 7.60. The molecule has 1 aliphatic heterocycles. The van der Waals surface area contributed by atoms with Crippen molar-refractivity contribution < 1.29 is 36.2 Å². The quantitative estimate of drug-likeness (QED) is 0.900. The van der Waals surface area contributed by atoms with Crippen LogP contribution in [0.25, 0.3) is 0 Å². The van der Waals surface area contributed by atoms with Crippen LogP contribution in [0.2, 0.25) is 0 Å². The fourth-order valence-electron chi connectivity index (χ4n) is 2.03. The van der Waals surface area contributed by atoms with Crippen LogP contribution in [0.15, 0.2) is 23.1 Å². The minimum atomic E-state index is -4.91. The molecule has 6 nitrogen and oxygen atoms in total. The summed E-state index contributed by atoms with van der Waals surface area (Å²) in [5, 5.41) is 8.87. The molecule has 0 radical (unpaired) electrons. The van der Waals surface area contributed by atoms with Crippen molar-refractivity contribution in [3.8, 4) is 0 Å². The minimum Gasteiger partial charge on any atom is -0.478 e. The normalized spacial score (nSPS) is 17.4. The molecule has 1 N–H and O–H groups in total. The number of rotatable bonds is 3. The molecule has 0 unspecified atom stereocenters. The topological polar surface area (TPSA) is 83.9 Å². The maximum absolute atomic E-state index is 13.0. The largest absolute Gasteiger partial charge is 0.478 e. The fourth-order valence-corrected chi connectivity index (χ4v) is 3.67. The van der Waals surface area contributed by atoms with E-state index in [1.165, 1.54) is 0 Å². The highest BCUT2D eigenvalue weighted by Gasteiger charge is 2.39. The average Bonchev–Trinajstić information content (AvgIpc) is 2.46. The van der Waals surface area contributed by atoms with Gasteiger partial charge in [0, 0.05) is 13.1 Å². The van der Waals surface area contributed by atoms with Crippen LogP contribution >= 0.6 is 0 Å². The highest BCUT2D eigenvalue weighted by molar-refractivity contribution is 7.89. The number of hydrogen-bond acceptors (Lipinski definition) is 4. The van der Waals surface area contributed by atoms with Crippen LogP contribution in [-0.2, 0) is 20.9 Å². The van der Waals surface area contributed by atoms with E-state index in [2.05, 4.69) is 0 Å². The zero-order chi connectivity index (χ0) is 16.5. The van der Waals surface area contributed by atoms with Crippen LogP contribution in [0, 0.1) is 0 Å². The molecule has 1 aliphatic rings. The molecule has 122 valence electrons. The molecule has 1 fully saturated rings. The number of alkyl halides is 3. The van der Waals surface area contributed by atoms with E-state index in [0.29, 0.717) is 12.1 Å². The lowest BCUT2D eigenvalue weighted by molar-refractivity contribution is -0.140. The molecule has 0 aliphatic carbocycles. The van der Waals surface area contributed by atoms with Crippen LogP contribution in [0.4, 0.5) is 13.2 Å². The molecule has 1 aromatic rings. The molecule has 0 spiro atoms. The third-order valence-electron chi connectivity index (χ3n) is 3.12. The van der Waals surface area contributed by atoms with Gasteiger partial charge in [0.25, 0.3) is 0 Å². The summed E-state index contributed by atoms with van der Waals surface area (Å²) < 4.78 is 69.7. The van der Waals surface area contributed by atoms with Crippen molar-refractivity contribution in [2.75, 3.05) is 26.3 Å². The van der Waals surface area contributed by atoms with Crippen molar-refractivity contribution in [3.05, 3.63) is 29.3 Å². The summed E-state index contributed by atoms with van der Waals surface area (Å²) in [4.78, 5) is 9.85. The van der Waals surface area contributed by atoms with Gasteiger partial charge in [0.1, 0.15) is 0 Å². The average molecular weight is 339 g/mol. The Bertz CT molecular complexity index is 680. The Labute approximate surface area is 124 Å². The van der Waals surface area contributed by atoms with Crippen molar-refractivity contribution in [2.45, 2.75) is 11.1 Å². The summed E-state index contributed by atoms with van der Waals surface area (Å²) >= 11 is 0. The highest BCUT2D eigenvalue weighted by Crippen LogP contribution is 2.36. The maximum atomic E-state index is 13.0. The summed E-state index contributed by atoms with van der Waals surface area (Å²) in [6.45, 7) is -0.0355. The molecular formula is C12H12F3NO5S. The van der Waals surface area contributed by atoms with Gasteiger partial charge in [-0.15, -0.1) is 0 Å². The van der Waals surface area contributed by atoms with Crippen molar-refractivity contribution >= 4 is 16.0 Å². The first-order chi connectivity index (χ1) is 10.1. The van der Waals surface area contributed by atoms with E-state index in [1.807, 2.05) is 0 Å². The van der Waals surface area contributed by atoms with Gasteiger partial charge >= 0.3 is 12.1 Å². The molecule has 1 heterocycles. The van der Waals surface area contributed by atoms with Gasteiger partial charge in [-0.2, -0.15) is 17.5 Å². The summed E-state index contributed by atoms with van der Waals surface area (Å²) in [6, 6.07) is 1.73. The van der Waals surface area contributed by atoms with E-state index >= 15 is 0 Å². The van der Waals surface area contributed by atoms with E-state index in [0.717, 1.165) is 10.4 Å². The van der Waals surface area contributed by atoms with E-state index in [1.54, 1.807) is 0 Å². The number of morpholine rings is 1. The first-order valence-electron chi connectivity index (χ1n) is 6.16. The van der Waals surface area contributed by atoms with Crippen molar-refractivity contribution in [3.63, 3.8) is 0 Å². The van der Waals surface area contributed by atoms with Crippen molar-refractivity contribution in [2.24, 2.45) is 0 Å². The molecular weight excluding hydrogens is 327 g/mol. The van der Waals surface area contributed by atoms with Crippen molar-refractivity contribution in [1.82, 2.24) is 4.31 Å². The number of nitrogens with zero attached hydrogens (tertiary/aromatic N) is 1. The van der Waals surface area contributed by atoms with E-state index in [4.69, 9.17) is 9.84 Å². The molecule has 0 saturated carbocycles. The second-order valence-electron chi connectivity index (χ2n) is 4.53. The standard InChI is InChI=1S/C12H12F3NO5S/c13-12(14,15)9-2-1-8(11(17)18)7-10(9)22(19,20)16-3-5-21-6-4-16/h1-2,7H,3-6H2,(H,17,18). The number of carbonyl (C=O) groups is 1. The molecule has 0 aromatic heterocycles. The molecule has 2 rings (SSSR count). The molecule has 0 atom stereocenters. The number of carboxylic acids is 1. The molecule has 1 aromatic carbocycles. The Morgan fingerprint density at radius 2 is 1.82 bits per heavy atom. The van der Waals surface area contributed by atoms with Gasteiger partial charge in [-0.3, -0.25) is 0 Å². The maximum Gasteiger partial charge on any atom is 0.417 e. The van der Waals surface area contributed by atoms with E-state index in [9.17, 15) is 26.4 Å². The Balaban J connectivity index is 2.59. The highest BCUT2D eigenvalue weighted by atomic mass is 32.2. The predicted octanol–water partition coefficient (Wildman–Crippen LogP) is 1.42. The number of hydrogen-bond donors (Lipinski definition) is 1. The third kappa shape index (κ3) is 3.23. The van der Waals surface area contributed by atoms with Gasteiger partial charge in [-0.1, -0.05) is 0 Å². The van der Waals surface area contributed by atoms with Crippen LogP contribution < -0.4 is 0 Å². The Kier molecular flexibility index (Phi) is 4.45. The van der Waals surface area contributed by atoms with Crippen LogP contribution in [0.3, 0.4) is 0 Å². The van der Waals surface area contributed by atoms with Crippen molar-refractivity contribution in [1.29, 1.82) is 0 Å². The van der Waals surface area contributed by atoms with Gasteiger partial charge in [0.2, 0.25) is 10.0 Å². The Morgan fingerprint density at radius 1 is 1.23 bits per heavy atom. The Hall–Kier alpha value is -1.65. The number of sulfonamides is 1. The second-order valence-corrected chi connectivity index (χ2v) is 6.44. The first kappa shape index (κ1) is 16.7. The molecule has 0 amide bonds. The molecule has 10 heteroatoms. The molecule has 22 heavy (non-hydrogen) atoms.